The second kappa shape index (κ2) is 14.6. The number of hydrogen-bond acceptors (Lipinski definition) is 6. The number of esters is 1. The van der Waals surface area contributed by atoms with Gasteiger partial charge in [0.25, 0.3) is 0 Å². The summed E-state index contributed by atoms with van der Waals surface area (Å²) in [4.78, 5) is 24.2. The molecule has 1 amide bonds. The fraction of sp³-hybridized carbons (Fsp3) is 0.333. The van der Waals surface area contributed by atoms with Crippen LogP contribution in [0.1, 0.15) is 38.9 Å². The number of amides is 1. The molecule has 0 aromatic heterocycles. The van der Waals surface area contributed by atoms with Crippen molar-refractivity contribution in [1.29, 1.82) is 0 Å². The molecule has 0 heterocycles. The fourth-order valence-electron chi connectivity index (χ4n) is 3.29. The lowest BCUT2D eigenvalue weighted by Gasteiger charge is -2.24. The van der Waals surface area contributed by atoms with E-state index in [0.29, 0.717) is 29.4 Å². The van der Waals surface area contributed by atoms with E-state index in [2.05, 4.69) is 5.32 Å². The third-order valence-corrected chi connectivity index (χ3v) is 5.01. The monoisotopic (exact) mass is 503 g/mol. The van der Waals surface area contributed by atoms with Crippen molar-refractivity contribution in [2.75, 3.05) is 25.1 Å². The molecule has 0 aliphatic heterocycles. The van der Waals surface area contributed by atoms with Crippen molar-refractivity contribution < 1.29 is 37.7 Å². The first kappa shape index (κ1) is 28.5. The minimum Gasteiger partial charge on any atom is -0.491 e. The van der Waals surface area contributed by atoms with Gasteiger partial charge >= 0.3 is 12.1 Å². The highest BCUT2D eigenvalue weighted by atomic mass is 19.1. The van der Waals surface area contributed by atoms with Crippen LogP contribution in [-0.4, -0.2) is 37.0 Å². The number of aliphatic hydroxyl groups is 1. The molecule has 194 valence electrons. The molecule has 9 heteroatoms. The van der Waals surface area contributed by atoms with Gasteiger partial charge in [0.15, 0.2) is 0 Å². The minimum atomic E-state index is -0.922. The summed E-state index contributed by atoms with van der Waals surface area (Å²) in [5.74, 6) is -1.79. The Kier molecular flexibility index (Phi) is 11.6. The van der Waals surface area contributed by atoms with Crippen molar-refractivity contribution in [1.82, 2.24) is 0 Å². The Morgan fingerprint density at radius 3 is 2.50 bits per heavy atom. The average molecular weight is 504 g/mol. The van der Waals surface area contributed by atoms with Crippen LogP contribution in [0.5, 0.6) is 5.75 Å². The van der Waals surface area contributed by atoms with Crippen LogP contribution < -0.4 is 10.1 Å². The van der Waals surface area contributed by atoms with Crippen LogP contribution in [0, 0.1) is 17.6 Å². The van der Waals surface area contributed by atoms with Crippen molar-refractivity contribution >= 4 is 17.7 Å². The third-order valence-electron chi connectivity index (χ3n) is 5.01. The number of hydrogen-bond donors (Lipinski definition) is 2. The lowest BCUT2D eigenvalue weighted by atomic mass is 9.94. The second-order valence-electron chi connectivity index (χ2n) is 7.97. The Labute approximate surface area is 209 Å². The highest BCUT2D eigenvalue weighted by Gasteiger charge is 2.24. The molecule has 2 aromatic carbocycles. The molecule has 2 atom stereocenters. The van der Waals surface area contributed by atoms with Gasteiger partial charge in [0.1, 0.15) is 30.1 Å². The number of benzene rings is 2. The highest BCUT2D eigenvalue weighted by Crippen LogP contribution is 2.31. The van der Waals surface area contributed by atoms with E-state index in [1.54, 1.807) is 44.2 Å². The van der Waals surface area contributed by atoms with Gasteiger partial charge in [-0.05, 0) is 55.7 Å². The van der Waals surface area contributed by atoms with E-state index in [1.807, 2.05) is 13.0 Å². The summed E-state index contributed by atoms with van der Waals surface area (Å²) in [6.45, 7) is 5.68. The maximum Gasteiger partial charge on any atom is 0.412 e. The lowest BCUT2D eigenvalue weighted by Crippen LogP contribution is -2.22. The van der Waals surface area contributed by atoms with Crippen molar-refractivity contribution in [2.24, 2.45) is 5.92 Å². The number of allylic oxidation sites excluding steroid dienone is 3. The molecule has 0 aliphatic carbocycles. The van der Waals surface area contributed by atoms with E-state index in [1.165, 1.54) is 6.08 Å². The maximum atomic E-state index is 14.0. The Balaban J connectivity index is 2.17. The number of anilines is 1. The predicted octanol–water partition coefficient (Wildman–Crippen LogP) is 5.72. The number of ether oxygens (including phenoxy) is 3. The van der Waals surface area contributed by atoms with E-state index in [4.69, 9.17) is 19.3 Å². The van der Waals surface area contributed by atoms with Crippen LogP contribution in [-0.2, 0) is 14.3 Å². The lowest BCUT2D eigenvalue weighted by molar-refractivity contribution is -0.137. The maximum absolute atomic E-state index is 14.0. The van der Waals surface area contributed by atoms with Crippen LogP contribution in [0.15, 0.2) is 66.3 Å². The summed E-state index contributed by atoms with van der Waals surface area (Å²) in [6.07, 6.45) is 3.86. The first-order valence-corrected chi connectivity index (χ1v) is 11.5. The summed E-state index contributed by atoms with van der Waals surface area (Å²) in [5, 5.41) is 11.2. The SMILES string of the molecule is CCOC(=O)/C=C(C)/C=C/C[C@H](C)[C@@H](OC(=O)Nc1ccc(F)cc1F)c1ccc(OCCO)cc1. The molecular formula is C27H31F2NO6. The van der Waals surface area contributed by atoms with Gasteiger partial charge < -0.3 is 19.3 Å². The van der Waals surface area contributed by atoms with Gasteiger partial charge in [-0.25, -0.2) is 18.4 Å². The molecule has 0 aliphatic rings. The summed E-state index contributed by atoms with van der Waals surface area (Å²) in [7, 11) is 0. The second-order valence-corrected chi connectivity index (χ2v) is 7.97. The first-order valence-electron chi connectivity index (χ1n) is 11.5. The van der Waals surface area contributed by atoms with Crippen molar-refractivity contribution in [3.8, 4) is 5.75 Å². The number of aliphatic hydroxyl groups excluding tert-OH is 1. The molecule has 7 nitrogen and oxygen atoms in total. The normalized spacial score (nSPS) is 13.2. The fourth-order valence-corrected chi connectivity index (χ4v) is 3.29. The van der Waals surface area contributed by atoms with Gasteiger partial charge in [-0.15, -0.1) is 0 Å². The van der Waals surface area contributed by atoms with Crippen molar-refractivity contribution in [3.63, 3.8) is 0 Å². The molecule has 0 bridgehead atoms. The van der Waals surface area contributed by atoms with Gasteiger partial charge in [-0.1, -0.05) is 31.2 Å². The Morgan fingerprint density at radius 1 is 1.14 bits per heavy atom. The summed E-state index contributed by atoms with van der Waals surface area (Å²) < 4.78 is 43.1. The Bertz CT molecular complexity index is 1070. The quantitative estimate of drug-likeness (QED) is 0.219. The van der Waals surface area contributed by atoms with Crippen LogP contribution in [0.3, 0.4) is 0 Å². The van der Waals surface area contributed by atoms with E-state index < -0.39 is 29.8 Å². The molecule has 0 radical (unpaired) electrons. The number of halogens is 2. The third kappa shape index (κ3) is 9.50. The van der Waals surface area contributed by atoms with E-state index in [-0.39, 0.29) is 31.4 Å². The van der Waals surface area contributed by atoms with Gasteiger partial charge in [-0.2, -0.15) is 0 Å². The first-order chi connectivity index (χ1) is 17.2. The molecule has 0 fully saturated rings. The van der Waals surface area contributed by atoms with Gasteiger partial charge in [-0.3, -0.25) is 5.32 Å². The number of carbonyl (C=O) groups is 2. The zero-order chi connectivity index (χ0) is 26.5. The van der Waals surface area contributed by atoms with Crippen molar-refractivity contribution in [2.45, 2.75) is 33.3 Å². The zero-order valence-corrected chi connectivity index (χ0v) is 20.5. The summed E-state index contributed by atoms with van der Waals surface area (Å²) >= 11 is 0. The molecule has 2 rings (SSSR count). The molecule has 2 aromatic rings. The molecular weight excluding hydrogens is 472 g/mol. The molecule has 0 saturated carbocycles. The Hall–Kier alpha value is -3.72. The summed E-state index contributed by atoms with van der Waals surface area (Å²) in [6, 6.07) is 9.64. The number of nitrogens with one attached hydrogen (secondary N) is 1. The average Bonchev–Trinajstić information content (AvgIpc) is 2.83. The van der Waals surface area contributed by atoms with E-state index in [0.717, 1.165) is 12.1 Å². The standard InChI is InChI=1S/C27H31F2NO6/c1-4-34-25(32)16-18(2)6-5-7-19(3)26(20-8-11-22(12-9-20)35-15-14-31)36-27(33)30-24-13-10-21(28)17-23(24)29/h5-6,8-13,16-17,19,26,31H,4,7,14-15H2,1-3H3,(H,30,33)/b6-5+,18-16+/t19-,26+/m0/s1. The van der Waals surface area contributed by atoms with Crippen LogP contribution in [0.4, 0.5) is 19.3 Å². The van der Waals surface area contributed by atoms with Crippen molar-refractivity contribution in [3.05, 3.63) is 83.5 Å². The zero-order valence-electron chi connectivity index (χ0n) is 20.5. The predicted molar refractivity (Wildman–Crippen MR) is 132 cm³/mol. The minimum absolute atomic E-state index is 0.124. The van der Waals surface area contributed by atoms with E-state index >= 15 is 0 Å². The van der Waals surface area contributed by atoms with Crippen LogP contribution in [0.2, 0.25) is 0 Å². The highest BCUT2D eigenvalue weighted by molar-refractivity contribution is 5.85. The van der Waals surface area contributed by atoms with E-state index in [9.17, 15) is 18.4 Å². The molecule has 0 saturated heterocycles. The van der Waals surface area contributed by atoms with Crippen LogP contribution in [0.25, 0.3) is 0 Å². The molecule has 2 N–H and O–H groups in total. The topological polar surface area (TPSA) is 94.1 Å². The molecule has 0 spiro atoms. The summed E-state index contributed by atoms with van der Waals surface area (Å²) in [5.41, 5.74) is 1.16. The molecule has 36 heavy (non-hydrogen) atoms. The Morgan fingerprint density at radius 2 is 1.86 bits per heavy atom. The van der Waals surface area contributed by atoms with Gasteiger partial charge in [0.05, 0.1) is 18.9 Å². The van der Waals surface area contributed by atoms with Crippen LogP contribution >= 0.6 is 0 Å². The largest absolute Gasteiger partial charge is 0.491 e. The smallest absolute Gasteiger partial charge is 0.412 e. The molecule has 0 unspecified atom stereocenters. The number of rotatable bonds is 12. The van der Waals surface area contributed by atoms with Gasteiger partial charge in [0, 0.05) is 18.1 Å². The van der Waals surface area contributed by atoms with Gasteiger partial charge in [0.2, 0.25) is 0 Å². The number of carbonyl (C=O) groups excluding carboxylic acids is 2.